The highest BCUT2D eigenvalue weighted by atomic mass is 32.1. The molecule has 0 spiro atoms. The minimum atomic E-state index is -0.676. The first-order valence-corrected chi connectivity index (χ1v) is 14.8. The monoisotopic (exact) mass is 563 g/mol. The fraction of sp³-hybridized carbons (Fsp3) is 0.448. The Morgan fingerprint density at radius 3 is 2.67 bits per heavy atom. The van der Waals surface area contributed by atoms with Crippen molar-refractivity contribution >= 4 is 44.5 Å². The number of hydrogen-bond donors (Lipinski definition) is 2. The van der Waals surface area contributed by atoms with Gasteiger partial charge in [-0.3, -0.25) is 14.6 Å². The summed E-state index contributed by atoms with van der Waals surface area (Å²) in [4.78, 5) is 48.9. The topological polar surface area (TPSA) is 115 Å². The minimum Gasteiger partial charge on any atom is -0.375 e. The van der Waals surface area contributed by atoms with E-state index >= 15 is 0 Å². The summed E-state index contributed by atoms with van der Waals surface area (Å²) in [5, 5.41) is 7.00. The van der Waals surface area contributed by atoms with Crippen LogP contribution in [-0.4, -0.2) is 81.0 Å². The Kier molecular flexibility index (Phi) is 8.51. The van der Waals surface area contributed by atoms with E-state index in [1.807, 2.05) is 65.4 Å². The number of nitrogens with one attached hydrogen (secondary N) is 1. The van der Waals surface area contributed by atoms with Crippen LogP contribution < -0.4 is 11.1 Å². The van der Waals surface area contributed by atoms with Crippen LogP contribution >= 0.6 is 11.3 Å². The number of para-hydroxylation sites is 1. The van der Waals surface area contributed by atoms with Crippen molar-refractivity contribution < 1.29 is 14.4 Å². The van der Waals surface area contributed by atoms with Crippen molar-refractivity contribution in [3.8, 4) is 0 Å². The van der Waals surface area contributed by atoms with Crippen molar-refractivity contribution in [3.63, 3.8) is 0 Å². The van der Waals surface area contributed by atoms with Crippen LogP contribution in [0.5, 0.6) is 0 Å². The Labute approximate surface area is 238 Å². The lowest BCUT2D eigenvalue weighted by Gasteiger charge is -2.46. The minimum absolute atomic E-state index is 0.0521. The Hall–Kier alpha value is -3.70. The summed E-state index contributed by atoms with van der Waals surface area (Å²) in [7, 11) is 0. The van der Waals surface area contributed by atoms with E-state index in [2.05, 4.69) is 17.2 Å². The molecule has 3 N–H and O–H groups in total. The van der Waals surface area contributed by atoms with Gasteiger partial charge >= 0.3 is 6.03 Å². The number of benzene rings is 2. The van der Waals surface area contributed by atoms with Gasteiger partial charge in [0.2, 0.25) is 11.8 Å². The number of thiazole rings is 1. The maximum atomic E-state index is 14.1. The third kappa shape index (κ3) is 5.62. The number of unbranched alkanes of at least 4 members (excludes halogenated alkanes) is 1. The van der Waals surface area contributed by atoms with E-state index in [9.17, 15) is 14.4 Å². The van der Waals surface area contributed by atoms with E-state index in [4.69, 9.17) is 5.73 Å². The first-order valence-electron chi connectivity index (χ1n) is 14.0. The summed E-state index contributed by atoms with van der Waals surface area (Å²) in [5.74, 6) is -0.249. The van der Waals surface area contributed by atoms with Gasteiger partial charge in [0.1, 0.15) is 12.2 Å². The predicted molar refractivity (Wildman–Crippen MR) is 156 cm³/mol. The van der Waals surface area contributed by atoms with Crippen LogP contribution in [0.2, 0.25) is 0 Å². The lowest BCUT2D eigenvalue weighted by Crippen LogP contribution is -2.66. The molecule has 2 saturated heterocycles. The van der Waals surface area contributed by atoms with Crippen LogP contribution in [0.1, 0.15) is 44.2 Å². The SMILES string of the molecule is CCCCNC(=O)N(CCC)N1CC(=O)N2[C@@H](Cc3ccccc3)C(=O)N(Cc3cccc4sc(N)nc34)C[C@@H]21. The van der Waals surface area contributed by atoms with E-state index < -0.39 is 12.2 Å². The molecule has 0 aliphatic carbocycles. The van der Waals surface area contributed by atoms with Gasteiger partial charge in [-0.15, -0.1) is 0 Å². The molecule has 4 amide bonds. The summed E-state index contributed by atoms with van der Waals surface area (Å²) in [6, 6.07) is 14.8. The molecule has 0 radical (unpaired) electrons. The number of nitrogens with two attached hydrogens (primary N) is 1. The summed E-state index contributed by atoms with van der Waals surface area (Å²) in [5.41, 5.74) is 8.67. The second kappa shape index (κ2) is 12.2. The number of nitrogen functional groups attached to an aromatic ring is 1. The average Bonchev–Trinajstić information content (AvgIpc) is 3.49. The van der Waals surface area contributed by atoms with Gasteiger partial charge in [0.25, 0.3) is 0 Å². The first kappa shape index (κ1) is 27.9. The number of piperazine rings is 1. The molecule has 5 rings (SSSR count). The molecule has 10 nitrogen and oxygen atoms in total. The highest BCUT2D eigenvalue weighted by Crippen LogP contribution is 2.32. The number of carbonyl (C=O) groups is 3. The zero-order valence-corrected chi connectivity index (χ0v) is 23.9. The molecule has 212 valence electrons. The molecule has 2 fully saturated rings. The molecule has 0 bridgehead atoms. The van der Waals surface area contributed by atoms with E-state index in [0.29, 0.717) is 31.2 Å². The number of nitrogens with zero attached hydrogens (tertiary/aromatic N) is 5. The van der Waals surface area contributed by atoms with Crippen LogP contribution in [0.3, 0.4) is 0 Å². The van der Waals surface area contributed by atoms with Crippen molar-refractivity contribution in [2.24, 2.45) is 0 Å². The second-order valence-electron chi connectivity index (χ2n) is 10.3. The Bertz CT molecular complexity index is 1360. The fourth-order valence-corrected chi connectivity index (χ4v) is 6.39. The van der Waals surface area contributed by atoms with Gasteiger partial charge in [-0.05, 0) is 30.0 Å². The number of urea groups is 1. The maximum Gasteiger partial charge on any atom is 0.332 e. The third-order valence-electron chi connectivity index (χ3n) is 7.51. The number of carbonyl (C=O) groups excluding carboxylic acids is 3. The van der Waals surface area contributed by atoms with Crippen molar-refractivity contribution in [3.05, 3.63) is 59.7 Å². The molecule has 2 aliphatic heterocycles. The van der Waals surface area contributed by atoms with Crippen LogP contribution in [0.4, 0.5) is 9.93 Å². The third-order valence-corrected chi connectivity index (χ3v) is 8.36. The highest BCUT2D eigenvalue weighted by molar-refractivity contribution is 7.22. The van der Waals surface area contributed by atoms with E-state index in [1.165, 1.54) is 11.3 Å². The molecule has 2 aliphatic rings. The summed E-state index contributed by atoms with van der Waals surface area (Å²) in [6.45, 7) is 5.82. The molecule has 0 unspecified atom stereocenters. The van der Waals surface area contributed by atoms with Crippen LogP contribution in [0.25, 0.3) is 10.2 Å². The van der Waals surface area contributed by atoms with Gasteiger partial charge in [0, 0.05) is 26.1 Å². The molecule has 3 aromatic rings. The van der Waals surface area contributed by atoms with Crippen molar-refractivity contribution in [1.29, 1.82) is 0 Å². The van der Waals surface area contributed by atoms with Gasteiger partial charge < -0.3 is 20.9 Å². The van der Waals surface area contributed by atoms with Gasteiger partial charge in [-0.2, -0.15) is 5.01 Å². The van der Waals surface area contributed by atoms with Gasteiger partial charge in [0.15, 0.2) is 5.13 Å². The number of fused-ring (bicyclic) bond motifs is 2. The number of aromatic nitrogens is 1. The van der Waals surface area contributed by atoms with E-state index in [0.717, 1.165) is 40.6 Å². The molecule has 2 aromatic carbocycles. The number of rotatable bonds is 10. The Morgan fingerprint density at radius 1 is 1.12 bits per heavy atom. The normalized spacial score (nSPS) is 19.4. The molecule has 0 saturated carbocycles. The molecule has 3 heterocycles. The summed E-state index contributed by atoms with van der Waals surface area (Å²) in [6.07, 6.45) is 2.54. The molecular formula is C29H37N7O3S. The first-order chi connectivity index (χ1) is 19.4. The molecular weight excluding hydrogens is 526 g/mol. The fourth-order valence-electron chi connectivity index (χ4n) is 5.61. The molecule has 1 aromatic heterocycles. The largest absolute Gasteiger partial charge is 0.375 e. The lowest BCUT2D eigenvalue weighted by atomic mass is 10.00. The zero-order valence-electron chi connectivity index (χ0n) is 23.1. The summed E-state index contributed by atoms with van der Waals surface area (Å²) < 4.78 is 0.970. The van der Waals surface area contributed by atoms with Crippen LogP contribution in [0.15, 0.2) is 48.5 Å². The van der Waals surface area contributed by atoms with Crippen LogP contribution in [0, 0.1) is 0 Å². The molecule has 11 heteroatoms. The average molecular weight is 564 g/mol. The van der Waals surface area contributed by atoms with Gasteiger partial charge in [-0.1, -0.05) is 74.1 Å². The van der Waals surface area contributed by atoms with Crippen LogP contribution in [-0.2, 0) is 22.6 Å². The number of amides is 4. The zero-order chi connectivity index (χ0) is 28.2. The van der Waals surface area contributed by atoms with Gasteiger partial charge in [0.05, 0.1) is 23.3 Å². The van der Waals surface area contributed by atoms with E-state index in [-0.39, 0.29) is 30.9 Å². The lowest BCUT2D eigenvalue weighted by molar-refractivity contribution is -0.157. The van der Waals surface area contributed by atoms with Gasteiger partial charge in [-0.25, -0.2) is 9.78 Å². The highest BCUT2D eigenvalue weighted by Gasteiger charge is 2.52. The predicted octanol–water partition coefficient (Wildman–Crippen LogP) is 3.44. The molecule has 40 heavy (non-hydrogen) atoms. The Balaban J connectivity index is 1.48. The smallest absolute Gasteiger partial charge is 0.332 e. The maximum absolute atomic E-state index is 14.1. The van der Waals surface area contributed by atoms with Crippen molar-refractivity contribution in [1.82, 2.24) is 30.1 Å². The number of hydrogen-bond acceptors (Lipinski definition) is 7. The number of hydrazine groups is 1. The second-order valence-corrected chi connectivity index (χ2v) is 11.4. The Morgan fingerprint density at radius 2 is 1.93 bits per heavy atom. The molecule has 2 atom stereocenters. The van der Waals surface area contributed by atoms with Crippen molar-refractivity contribution in [2.75, 3.05) is 31.9 Å². The van der Waals surface area contributed by atoms with E-state index in [1.54, 1.807) is 9.91 Å². The summed E-state index contributed by atoms with van der Waals surface area (Å²) >= 11 is 1.42. The van der Waals surface area contributed by atoms with Crippen molar-refractivity contribution in [2.45, 2.75) is 58.3 Å². The number of anilines is 1. The standard InChI is InChI=1S/C29H37N7O3S/c1-3-5-14-31-29(39)34(15-4-2)35-19-25(37)36-22(16-20-10-7-6-8-11-20)27(38)33(18-24(35)36)17-21-12-9-13-23-26(21)32-28(30)40-23/h6-13,22,24H,3-5,14-19H2,1-2H3,(H2,30,32)(H,31,39)/t22-,24+/m0/s1. The quantitative estimate of drug-likeness (QED) is 0.365.